The number of benzene rings is 2. The van der Waals surface area contributed by atoms with Crippen LogP contribution in [0, 0.1) is 5.41 Å². The number of amides is 1. The standard InChI is InChI=1S/C29H38N4O4S/c1-32-25-5-3-2-4-22(25)23-8-6-20(18-26(23)32)30-28(35)24-9-7-21(31-38(36,37)17-16-34)19-27(24)33-14-12-29(10-11-29)13-15-33/h6-9,18-19,22,25,31,34H,2-5,10-17H2,1H3,(H,30,35). The van der Waals surface area contributed by atoms with Crippen molar-refractivity contribution in [2.45, 2.75) is 63.3 Å². The van der Waals surface area contributed by atoms with Crippen LogP contribution in [0.1, 0.15) is 73.2 Å². The van der Waals surface area contributed by atoms with E-state index in [0.717, 1.165) is 37.3 Å². The van der Waals surface area contributed by atoms with Crippen LogP contribution in [-0.2, 0) is 10.0 Å². The summed E-state index contributed by atoms with van der Waals surface area (Å²) in [5, 5.41) is 12.2. The Morgan fingerprint density at radius 3 is 2.45 bits per heavy atom. The molecule has 9 heteroatoms. The first-order valence-corrected chi connectivity index (χ1v) is 15.6. The number of likely N-dealkylation sites (N-methyl/N-ethyl adjacent to an activating group) is 1. The van der Waals surface area contributed by atoms with Gasteiger partial charge in [-0.15, -0.1) is 0 Å². The quantitative estimate of drug-likeness (QED) is 0.479. The molecule has 6 rings (SSSR count). The van der Waals surface area contributed by atoms with Gasteiger partial charge in [-0.2, -0.15) is 0 Å². The highest BCUT2D eigenvalue weighted by Crippen LogP contribution is 2.54. The minimum absolute atomic E-state index is 0.200. The number of aliphatic hydroxyl groups excluding tert-OH is 1. The van der Waals surface area contributed by atoms with Gasteiger partial charge >= 0.3 is 0 Å². The maximum Gasteiger partial charge on any atom is 0.257 e. The molecule has 204 valence electrons. The van der Waals surface area contributed by atoms with Crippen LogP contribution in [0.4, 0.5) is 22.7 Å². The summed E-state index contributed by atoms with van der Waals surface area (Å²) in [6.07, 6.45) is 9.74. The average molecular weight is 539 g/mol. The number of hydrogen-bond donors (Lipinski definition) is 3. The summed E-state index contributed by atoms with van der Waals surface area (Å²) in [7, 11) is -1.50. The number of carbonyl (C=O) groups excluding carboxylic acids is 1. The van der Waals surface area contributed by atoms with Crippen molar-refractivity contribution in [2.75, 3.05) is 52.3 Å². The summed E-state index contributed by atoms with van der Waals surface area (Å²) in [5.74, 6) is 0.0105. The molecule has 0 radical (unpaired) electrons. The lowest BCUT2D eigenvalue weighted by Gasteiger charge is -2.35. The SMILES string of the molecule is CN1c2cc(NC(=O)c3ccc(NS(=O)(=O)CCO)cc3N3CCC4(CC3)CC4)ccc2C2CCCCC21. The highest BCUT2D eigenvalue weighted by atomic mass is 32.2. The molecule has 2 aliphatic carbocycles. The number of fused-ring (bicyclic) bond motifs is 3. The second-order valence-electron chi connectivity index (χ2n) is 11.7. The van der Waals surface area contributed by atoms with Gasteiger partial charge in [0, 0.05) is 43.5 Å². The molecule has 1 spiro atoms. The Bertz CT molecular complexity index is 1330. The van der Waals surface area contributed by atoms with E-state index in [0.29, 0.717) is 28.6 Å². The van der Waals surface area contributed by atoms with Gasteiger partial charge in [-0.1, -0.05) is 18.9 Å². The van der Waals surface area contributed by atoms with Crippen molar-refractivity contribution >= 4 is 38.7 Å². The number of carbonyl (C=O) groups is 1. The molecule has 0 aromatic heterocycles. The van der Waals surface area contributed by atoms with Crippen LogP contribution in [0.2, 0.25) is 0 Å². The first-order chi connectivity index (χ1) is 18.3. The van der Waals surface area contributed by atoms with Gasteiger partial charge < -0.3 is 20.2 Å². The Balaban J connectivity index is 1.26. The Morgan fingerprint density at radius 1 is 1.00 bits per heavy atom. The summed E-state index contributed by atoms with van der Waals surface area (Å²) in [4.78, 5) is 18.2. The number of anilines is 4. The largest absolute Gasteiger partial charge is 0.395 e. The van der Waals surface area contributed by atoms with Crippen LogP contribution in [-0.4, -0.2) is 58.0 Å². The zero-order chi connectivity index (χ0) is 26.5. The minimum Gasteiger partial charge on any atom is -0.395 e. The van der Waals surface area contributed by atoms with E-state index in [1.54, 1.807) is 18.2 Å². The van der Waals surface area contributed by atoms with Gasteiger partial charge in [0.25, 0.3) is 5.91 Å². The monoisotopic (exact) mass is 538 g/mol. The van der Waals surface area contributed by atoms with E-state index in [1.807, 2.05) is 6.07 Å². The van der Waals surface area contributed by atoms with Crippen LogP contribution in [0.3, 0.4) is 0 Å². The number of rotatable bonds is 7. The molecule has 4 aliphatic rings. The number of nitrogens with zero attached hydrogens (tertiary/aromatic N) is 2. The summed E-state index contributed by atoms with van der Waals surface area (Å²) in [6, 6.07) is 11.9. The number of nitrogens with one attached hydrogen (secondary N) is 2. The Morgan fingerprint density at radius 2 is 1.71 bits per heavy atom. The zero-order valence-electron chi connectivity index (χ0n) is 22.1. The fourth-order valence-corrected chi connectivity index (χ4v) is 7.68. The molecular formula is C29H38N4O4S. The van der Waals surface area contributed by atoms with Crippen molar-refractivity contribution in [3.05, 3.63) is 47.5 Å². The predicted octanol–water partition coefficient (Wildman–Crippen LogP) is 4.53. The van der Waals surface area contributed by atoms with Gasteiger partial charge in [0.1, 0.15) is 0 Å². The molecule has 0 bridgehead atoms. The number of aliphatic hydroxyl groups is 1. The fourth-order valence-electron chi connectivity index (χ4n) is 6.85. The summed E-state index contributed by atoms with van der Waals surface area (Å²) in [5.41, 5.74) is 5.52. The molecule has 38 heavy (non-hydrogen) atoms. The van der Waals surface area contributed by atoms with Crippen molar-refractivity contribution < 1.29 is 18.3 Å². The van der Waals surface area contributed by atoms with E-state index >= 15 is 0 Å². The van der Waals surface area contributed by atoms with Gasteiger partial charge in [-0.3, -0.25) is 9.52 Å². The second kappa shape index (κ2) is 9.75. The van der Waals surface area contributed by atoms with Crippen LogP contribution in [0.25, 0.3) is 0 Å². The molecule has 2 heterocycles. The Kier molecular flexibility index (Phi) is 6.54. The van der Waals surface area contributed by atoms with E-state index in [4.69, 9.17) is 5.11 Å². The molecule has 2 aromatic carbocycles. The van der Waals surface area contributed by atoms with Crippen LogP contribution >= 0.6 is 0 Å². The highest BCUT2D eigenvalue weighted by Gasteiger charge is 2.44. The molecule has 3 fully saturated rings. The van der Waals surface area contributed by atoms with Gasteiger partial charge in [-0.05, 0) is 79.8 Å². The normalized spacial score (nSPS) is 23.6. The molecule has 2 atom stereocenters. The molecule has 2 saturated carbocycles. The van der Waals surface area contributed by atoms with E-state index in [9.17, 15) is 13.2 Å². The van der Waals surface area contributed by atoms with Crippen molar-refractivity contribution in [1.82, 2.24) is 0 Å². The molecule has 2 unspecified atom stereocenters. The molecule has 2 aromatic rings. The van der Waals surface area contributed by atoms with Crippen LogP contribution < -0.4 is 19.8 Å². The lowest BCUT2D eigenvalue weighted by Crippen LogP contribution is -2.35. The first kappa shape index (κ1) is 25.5. The van der Waals surface area contributed by atoms with E-state index < -0.39 is 16.6 Å². The summed E-state index contributed by atoms with van der Waals surface area (Å²) < 4.78 is 27.1. The Labute approximate surface area is 225 Å². The Hall–Kier alpha value is -2.78. The van der Waals surface area contributed by atoms with E-state index in [1.165, 1.54) is 49.8 Å². The van der Waals surface area contributed by atoms with Gasteiger partial charge in [0.2, 0.25) is 10.0 Å². The molecular weight excluding hydrogens is 500 g/mol. The lowest BCUT2D eigenvalue weighted by molar-refractivity contribution is 0.102. The topological polar surface area (TPSA) is 102 Å². The van der Waals surface area contributed by atoms with Crippen molar-refractivity contribution in [3.8, 4) is 0 Å². The average Bonchev–Trinajstić information content (AvgIpc) is 3.60. The van der Waals surface area contributed by atoms with Gasteiger partial charge in [0.05, 0.1) is 29.3 Å². The maximum atomic E-state index is 13.6. The zero-order valence-corrected chi connectivity index (χ0v) is 22.9. The molecule has 8 nitrogen and oxygen atoms in total. The summed E-state index contributed by atoms with van der Waals surface area (Å²) >= 11 is 0. The highest BCUT2D eigenvalue weighted by molar-refractivity contribution is 7.92. The number of piperidine rings is 1. The third-order valence-electron chi connectivity index (χ3n) is 9.29. The third kappa shape index (κ3) is 4.86. The number of sulfonamides is 1. The van der Waals surface area contributed by atoms with Crippen molar-refractivity contribution in [1.29, 1.82) is 0 Å². The second-order valence-corrected chi connectivity index (χ2v) is 13.5. The predicted molar refractivity (Wildman–Crippen MR) is 152 cm³/mol. The maximum absolute atomic E-state index is 13.6. The minimum atomic E-state index is -3.67. The number of hydrogen-bond acceptors (Lipinski definition) is 6. The summed E-state index contributed by atoms with van der Waals surface area (Å²) in [6.45, 7) is 1.24. The van der Waals surface area contributed by atoms with Crippen molar-refractivity contribution in [3.63, 3.8) is 0 Å². The lowest BCUT2D eigenvalue weighted by atomic mass is 9.82. The van der Waals surface area contributed by atoms with Crippen molar-refractivity contribution in [2.24, 2.45) is 5.41 Å². The van der Waals surface area contributed by atoms with Gasteiger partial charge in [-0.25, -0.2) is 8.42 Å². The molecule has 1 saturated heterocycles. The van der Waals surface area contributed by atoms with Crippen LogP contribution in [0.15, 0.2) is 36.4 Å². The molecule has 3 N–H and O–H groups in total. The third-order valence-corrected chi connectivity index (χ3v) is 10.6. The fraction of sp³-hybridized carbons (Fsp3) is 0.552. The molecule has 2 aliphatic heterocycles. The first-order valence-electron chi connectivity index (χ1n) is 14.0. The molecule has 1 amide bonds. The smallest absolute Gasteiger partial charge is 0.257 e. The van der Waals surface area contributed by atoms with E-state index in [2.05, 4.69) is 39.0 Å². The van der Waals surface area contributed by atoms with Crippen LogP contribution in [0.5, 0.6) is 0 Å². The van der Waals surface area contributed by atoms with Gasteiger partial charge in [0.15, 0.2) is 0 Å². The van der Waals surface area contributed by atoms with E-state index in [-0.39, 0.29) is 11.7 Å².